The average molecular weight is 339 g/mol. The van der Waals surface area contributed by atoms with Crippen molar-refractivity contribution in [2.75, 3.05) is 5.75 Å². The third-order valence-electron chi connectivity index (χ3n) is 4.47. The first-order valence-corrected chi connectivity index (χ1v) is 10.4. The van der Waals surface area contributed by atoms with Crippen molar-refractivity contribution in [3.05, 3.63) is 29.8 Å². The monoisotopic (exact) mass is 338 g/mol. The first kappa shape index (κ1) is 19.9. The van der Waals surface area contributed by atoms with Crippen LogP contribution in [0.25, 0.3) is 0 Å². The molecule has 3 nitrogen and oxygen atoms in total. The molecule has 4 heteroatoms. The minimum absolute atomic E-state index is 0.0744. The van der Waals surface area contributed by atoms with E-state index in [0.29, 0.717) is 17.7 Å². The lowest BCUT2D eigenvalue weighted by Crippen LogP contribution is -2.32. The second-order valence-corrected chi connectivity index (χ2v) is 8.43. The van der Waals surface area contributed by atoms with E-state index in [9.17, 15) is 13.2 Å². The standard InChI is InChI=1S/C19H30O3S/c1-4-7-13-19(15-20,14-8-5-2)16-23(21,22)18-11-9-17(6-3)10-12-18/h9-12,15H,4-8,13-14,16H2,1-3H3. The van der Waals surface area contributed by atoms with Crippen LogP contribution in [0.2, 0.25) is 0 Å². The molecule has 0 unspecified atom stereocenters. The van der Waals surface area contributed by atoms with E-state index in [1.54, 1.807) is 12.1 Å². The topological polar surface area (TPSA) is 51.2 Å². The van der Waals surface area contributed by atoms with E-state index in [4.69, 9.17) is 0 Å². The molecule has 0 saturated heterocycles. The Labute approximate surface area is 141 Å². The van der Waals surface area contributed by atoms with E-state index in [0.717, 1.165) is 44.0 Å². The summed E-state index contributed by atoms with van der Waals surface area (Å²) < 4.78 is 25.5. The van der Waals surface area contributed by atoms with Gasteiger partial charge in [-0.1, -0.05) is 58.6 Å². The zero-order chi connectivity index (χ0) is 17.3. The SMILES string of the molecule is CCCCC(C=O)(CCCC)CS(=O)(=O)c1ccc(CC)cc1. The normalized spacial score (nSPS) is 12.3. The Bertz CT molecular complexity index is 565. The van der Waals surface area contributed by atoms with Gasteiger partial charge < -0.3 is 4.79 Å². The zero-order valence-electron chi connectivity index (χ0n) is 14.7. The second kappa shape index (κ2) is 9.21. The predicted molar refractivity (Wildman–Crippen MR) is 95.4 cm³/mol. The summed E-state index contributed by atoms with van der Waals surface area (Å²) in [6, 6.07) is 7.05. The maximum atomic E-state index is 12.8. The molecule has 0 amide bonds. The van der Waals surface area contributed by atoms with Crippen molar-refractivity contribution in [3.63, 3.8) is 0 Å². The molecule has 1 aromatic rings. The van der Waals surface area contributed by atoms with Gasteiger partial charge in [0.25, 0.3) is 0 Å². The Morgan fingerprint density at radius 3 is 1.87 bits per heavy atom. The van der Waals surface area contributed by atoms with Crippen molar-refractivity contribution in [2.24, 2.45) is 5.41 Å². The van der Waals surface area contributed by atoms with Gasteiger partial charge in [-0.25, -0.2) is 8.42 Å². The highest BCUT2D eigenvalue weighted by Gasteiger charge is 2.35. The number of rotatable bonds is 11. The molecule has 0 heterocycles. The fourth-order valence-electron chi connectivity index (χ4n) is 2.87. The average Bonchev–Trinajstić information content (AvgIpc) is 2.57. The van der Waals surface area contributed by atoms with Crippen molar-refractivity contribution in [1.82, 2.24) is 0 Å². The molecule has 1 rings (SSSR count). The van der Waals surface area contributed by atoms with Gasteiger partial charge in [-0.15, -0.1) is 0 Å². The van der Waals surface area contributed by atoms with E-state index in [1.165, 1.54) is 0 Å². The van der Waals surface area contributed by atoms with Crippen LogP contribution in [0.1, 0.15) is 64.9 Å². The van der Waals surface area contributed by atoms with Crippen LogP contribution in [0.3, 0.4) is 0 Å². The Hall–Kier alpha value is -1.16. The summed E-state index contributed by atoms with van der Waals surface area (Å²) in [4.78, 5) is 12.1. The summed E-state index contributed by atoms with van der Waals surface area (Å²) in [6.45, 7) is 6.16. The molecule has 0 aliphatic rings. The van der Waals surface area contributed by atoms with Crippen LogP contribution in [-0.2, 0) is 21.1 Å². The molecule has 1 aromatic carbocycles. The van der Waals surface area contributed by atoms with Gasteiger partial charge in [0.05, 0.1) is 10.6 Å². The van der Waals surface area contributed by atoms with E-state index in [1.807, 2.05) is 19.1 Å². The van der Waals surface area contributed by atoms with Crippen LogP contribution in [0.5, 0.6) is 0 Å². The lowest BCUT2D eigenvalue weighted by atomic mass is 9.81. The van der Waals surface area contributed by atoms with Gasteiger partial charge in [0.1, 0.15) is 6.29 Å². The maximum absolute atomic E-state index is 12.8. The van der Waals surface area contributed by atoms with Crippen LogP contribution >= 0.6 is 0 Å². The molecule has 0 aliphatic heterocycles. The molecule has 23 heavy (non-hydrogen) atoms. The van der Waals surface area contributed by atoms with Crippen molar-refractivity contribution in [2.45, 2.75) is 70.6 Å². The number of carbonyl (C=O) groups is 1. The van der Waals surface area contributed by atoms with Crippen LogP contribution < -0.4 is 0 Å². The molecule has 0 aromatic heterocycles. The van der Waals surface area contributed by atoms with Crippen molar-refractivity contribution < 1.29 is 13.2 Å². The van der Waals surface area contributed by atoms with Gasteiger partial charge in [-0.05, 0) is 37.0 Å². The molecular weight excluding hydrogens is 308 g/mol. The van der Waals surface area contributed by atoms with Gasteiger partial charge in [-0.3, -0.25) is 0 Å². The number of benzene rings is 1. The summed E-state index contributed by atoms with van der Waals surface area (Å²) >= 11 is 0. The summed E-state index contributed by atoms with van der Waals surface area (Å²) in [6.07, 6.45) is 6.78. The summed E-state index contributed by atoms with van der Waals surface area (Å²) in [5, 5.41) is 0. The molecule has 0 saturated carbocycles. The van der Waals surface area contributed by atoms with Crippen molar-refractivity contribution in [3.8, 4) is 0 Å². The molecule has 130 valence electrons. The van der Waals surface area contributed by atoms with Gasteiger partial charge >= 0.3 is 0 Å². The molecule has 0 atom stereocenters. The number of hydrogen-bond acceptors (Lipinski definition) is 3. The highest BCUT2D eigenvalue weighted by molar-refractivity contribution is 7.91. The number of hydrogen-bond donors (Lipinski definition) is 0. The Morgan fingerprint density at radius 2 is 1.48 bits per heavy atom. The Morgan fingerprint density at radius 1 is 0.957 bits per heavy atom. The lowest BCUT2D eigenvalue weighted by Gasteiger charge is -2.27. The highest BCUT2D eigenvalue weighted by atomic mass is 32.2. The summed E-state index contributed by atoms with van der Waals surface area (Å²) in [7, 11) is -3.45. The minimum atomic E-state index is -3.45. The first-order chi connectivity index (χ1) is 10.9. The minimum Gasteiger partial charge on any atom is -0.303 e. The quantitative estimate of drug-likeness (QED) is 0.555. The smallest absolute Gasteiger partial charge is 0.179 e. The third-order valence-corrected chi connectivity index (χ3v) is 6.42. The molecule has 0 aliphatic carbocycles. The zero-order valence-corrected chi connectivity index (χ0v) is 15.5. The number of aryl methyl sites for hydroxylation is 1. The molecule has 0 bridgehead atoms. The van der Waals surface area contributed by atoms with E-state index in [-0.39, 0.29) is 5.75 Å². The fraction of sp³-hybridized carbons (Fsp3) is 0.632. The largest absolute Gasteiger partial charge is 0.303 e. The third kappa shape index (κ3) is 5.76. The predicted octanol–water partition coefficient (Wildman–Crippen LogP) is 4.59. The Kier molecular flexibility index (Phi) is 7.97. The molecule has 0 N–H and O–H groups in total. The van der Waals surface area contributed by atoms with Gasteiger partial charge in [0, 0.05) is 5.41 Å². The van der Waals surface area contributed by atoms with E-state index < -0.39 is 15.3 Å². The van der Waals surface area contributed by atoms with E-state index in [2.05, 4.69) is 13.8 Å². The lowest BCUT2D eigenvalue weighted by molar-refractivity contribution is -0.116. The fourth-order valence-corrected chi connectivity index (χ4v) is 4.70. The van der Waals surface area contributed by atoms with Crippen LogP contribution in [0.15, 0.2) is 29.2 Å². The number of unbranched alkanes of at least 4 members (excludes halogenated alkanes) is 2. The molecular formula is C19H30O3S. The van der Waals surface area contributed by atoms with Gasteiger partial charge in [0.2, 0.25) is 0 Å². The number of carbonyl (C=O) groups excluding carboxylic acids is 1. The molecule has 0 spiro atoms. The Balaban J connectivity index is 3.04. The van der Waals surface area contributed by atoms with Gasteiger partial charge in [-0.2, -0.15) is 0 Å². The molecule has 0 radical (unpaired) electrons. The maximum Gasteiger partial charge on any atom is 0.179 e. The summed E-state index contributed by atoms with van der Waals surface area (Å²) in [5.74, 6) is -0.0744. The van der Waals surface area contributed by atoms with Gasteiger partial charge in [0.15, 0.2) is 9.84 Å². The molecule has 0 fully saturated rings. The number of aldehydes is 1. The highest BCUT2D eigenvalue weighted by Crippen LogP contribution is 2.33. The second-order valence-electron chi connectivity index (χ2n) is 6.44. The van der Waals surface area contributed by atoms with Crippen molar-refractivity contribution >= 4 is 16.1 Å². The van der Waals surface area contributed by atoms with Crippen molar-refractivity contribution in [1.29, 1.82) is 0 Å². The number of sulfone groups is 1. The summed E-state index contributed by atoms with van der Waals surface area (Å²) in [5.41, 5.74) is 0.372. The van der Waals surface area contributed by atoms with E-state index >= 15 is 0 Å². The first-order valence-electron chi connectivity index (χ1n) is 8.71. The van der Waals surface area contributed by atoms with Crippen LogP contribution in [0, 0.1) is 5.41 Å². The van der Waals surface area contributed by atoms with Crippen LogP contribution in [0.4, 0.5) is 0 Å². The van der Waals surface area contributed by atoms with Crippen LogP contribution in [-0.4, -0.2) is 20.5 Å².